The first kappa shape index (κ1) is 20.2. The van der Waals surface area contributed by atoms with Crippen molar-refractivity contribution in [2.75, 3.05) is 23.3 Å². The van der Waals surface area contributed by atoms with Crippen LogP contribution in [0.25, 0.3) is 0 Å². The van der Waals surface area contributed by atoms with E-state index in [9.17, 15) is 0 Å². The molecule has 4 nitrogen and oxygen atoms in total. The van der Waals surface area contributed by atoms with E-state index in [4.69, 9.17) is 4.98 Å². The predicted octanol–water partition coefficient (Wildman–Crippen LogP) is 4.73. The highest BCUT2D eigenvalue weighted by molar-refractivity contribution is 5.85. The average molecular weight is 395 g/mol. The molecule has 4 rings (SSSR count). The zero-order valence-corrected chi connectivity index (χ0v) is 17.3. The number of rotatable bonds is 5. The highest BCUT2D eigenvalue weighted by Gasteiger charge is 2.17. The molecule has 0 spiro atoms. The molecule has 1 aliphatic rings. The van der Waals surface area contributed by atoms with Gasteiger partial charge in [0.1, 0.15) is 5.82 Å². The lowest BCUT2D eigenvalue weighted by Gasteiger charge is -2.29. The van der Waals surface area contributed by atoms with Crippen LogP contribution < -0.4 is 10.2 Å². The Morgan fingerprint density at radius 1 is 1.00 bits per heavy atom. The Morgan fingerprint density at radius 3 is 2.68 bits per heavy atom. The molecule has 0 bridgehead atoms. The molecular formula is C23H27ClN4. The van der Waals surface area contributed by atoms with E-state index in [2.05, 4.69) is 71.5 Å². The van der Waals surface area contributed by atoms with Crippen molar-refractivity contribution in [2.24, 2.45) is 0 Å². The molecule has 0 radical (unpaired) electrons. The van der Waals surface area contributed by atoms with Crippen LogP contribution in [-0.4, -0.2) is 23.1 Å². The van der Waals surface area contributed by atoms with Crippen molar-refractivity contribution in [3.63, 3.8) is 0 Å². The molecule has 1 aliphatic heterocycles. The summed E-state index contributed by atoms with van der Waals surface area (Å²) in [6.07, 6.45) is 3.89. The van der Waals surface area contributed by atoms with E-state index in [1.54, 1.807) is 0 Å². The second kappa shape index (κ2) is 9.07. The zero-order chi connectivity index (χ0) is 18.6. The number of aromatic nitrogens is 2. The molecule has 1 aromatic heterocycles. The number of aryl methyl sites for hydroxylation is 1. The number of halogens is 1. The highest BCUT2D eigenvalue weighted by atomic mass is 35.5. The SMILES string of the molecule is Cc1cccc(CCNc2nccc(N3CCc4ccccc4C3)n2)c1C.Cl. The first-order valence-corrected chi connectivity index (χ1v) is 9.64. The lowest BCUT2D eigenvalue weighted by atomic mass is 10.00. The molecule has 0 fully saturated rings. The minimum atomic E-state index is 0. The molecule has 28 heavy (non-hydrogen) atoms. The van der Waals surface area contributed by atoms with Crippen molar-refractivity contribution in [3.05, 3.63) is 82.5 Å². The fraction of sp³-hybridized carbons (Fsp3) is 0.304. The van der Waals surface area contributed by atoms with Crippen LogP contribution in [0.3, 0.4) is 0 Å². The Kier molecular flexibility index (Phi) is 6.53. The van der Waals surface area contributed by atoms with Gasteiger partial charge in [0.05, 0.1) is 0 Å². The summed E-state index contributed by atoms with van der Waals surface area (Å²) >= 11 is 0. The Balaban J connectivity index is 0.00000225. The van der Waals surface area contributed by atoms with E-state index in [1.807, 2.05) is 12.3 Å². The zero-order valence-electron chi connectivity index (χ0n) is 16.5. The average Bonchev–Trinajstić information content (AvgIpc) is 2.71. The van der Waals surface area contributed by atoms with Gasteiger partial charge in [0, 0.05) is 25.8 Å². The van der Waals surface area contributed by atoms with E-state index in [0.29, 0.717) is 5.95 Å². The van der Waals surface area contributed by atoms with Gasteiger partial charge in [-0.05, 0) is 60.6 Å². The number of hydrogen-bond acceptors (Lipinski definition) is 4. The van der Waals surface area contributed by atoms with Gasteiger partial charge in [-0.2, -0.15) is 4.98 Å². The van der Waals surface area contributed by atoms with Gasteiger partial charge >= 0.3 is 0 Å². The molecule has 0 aliphatic carbocycles. The molecule has 3 aromatic rings. The van der Waals surface area contributed by atoms with Crippen LogP contribution in [0, 0.1) is 13.8 Å². The van der Waals surface area contributed by atoms with Crippen LogP contribution in [0.2, 0.25) is 0 Å². The molecule has 0 saturated carbocycles. The minimum Gasteiger partial charge on any atom is -0.354 e. The van der Waals surface area contributed by atoms with Gasteiger partial charge in [0.2, 0.25) is 5.95 Å². The van der Waals surface area contributed by atoms with Crippen molar-refractivity contribution in [3.8, 4) is 0 Å². The standard InChI is InChI=1S/C23H26N4.ClH/c1-17-6-5-9-19(18(17)2)10-13-24-23-25-14-11-22(26-23)27-15-12-20-7-3-4-8-21(20)16-27;/h3-9,11,14H,10,12-13,15-16H2,1-2H3,(H,24,25,26);1H. The maximum absolute atomic E-state index is 4.74. The van der Waals surface area contributed by atoms with Crippen LogP contribution in [0.15, 0.2) is 54.7 Å². The summed E-state index contributed by atoms with van der Waals surface area (Å²) in [6, 6.07) is 17.2. The summed E-state index contributed by atoms with van der Waals surface area (Å²) in [5.41, 5.74) is 6.95. The smallest absolute Gasteiger partial charge is 0.224 e. The Hall–Kier alpha value is -2.59. The topological polar surface area (TPSA) is 41.1 Å². The van der Waals surface area contributed by atoms with Crippen LogP contribution in [0.1, 0.15) is 27.8 Å². The Labute approximate surface area is 173 Å². The summed E-state index contributed by atoms with van der Waals surface area (Å²) in [5.74, 6) is 1.70. The van der Waals surface area contributed by atoms with E-state index < -0.39 is 0 Å². The van der Waals surface area contributed by atoms with Crippen molar-refractivity contribution in [2.45, 2.75) is 33.2 Å². The Bertz CT molecular complexity index is 941. The fourth-order valence-corrected chi connectivity index (χ4v) is 3.69. The van der Waals surface area contributed by atoms with Gasteiger partial charge in [0.15, 0.2) is 0 Å². The largest absolute Gasteiger partial charge is 0.354 e. The van der Waals surface area contributed by atoms with Crippen molar-refractivity contribution >= 4 is 24.2 Å². The molecule has 2 heterocycles. The normalized spacial score (nSPS) is 12.9. The third-order valence-electron chi connectivity index (χ3n) is 5.49. The van der Waals surface area contributed by atoms with Gasteiger partial charge < -0.3 is 10.2 Å². The lowest BCUT2D eigenvalue weighted by molar-refractivity contribution is 0.719. The Morgan fingerprint density at radius 2 is 1.82 bits per heavy atom. The van der Waals surface area contributed by atoms with Gasteiger partial charge in [0.25, 0.3) is 0 Å². The molecule has 146 valence electrons. The third kappa shape index (κ3) is 4.45. The number of benzene rings is 2. The minimum absolute atomic E-state index is 0. The summed E-state index contributed by atoms with van der Waals surface area (Å²) in [6.45, 7) is 7.09. The molecule has 5 heteroatoms. The molecule has 2 aromatic carbocycles. The van der Waals surface area contributed by atoms with Crippen LogP contribution in [0.5, 0.6) is 0 Å². The summed E-state index contributed by atoms with van der Waals surface area (Å²) in [4.78, 5) is 11.5. The predicted molar refractivity (Wildman–Crippen MR) is 119 cm³/mol. The third-order valence-corrected chi connectivity index (χ3v) is 5.49. The summed E-state index contributed by atoms with van der Waals surface area (Å²) < 4.78 is 0. The molecule has 0 saturated heterocycles. The second-order valence-electron chi connectivity index (χ2n) is 7.21. The van der Waals surface area contributed by atoms with E-state index in [-0.39, 0.29) is 12.4 Å². The van der Waals surface area contributed by atoms with Crippen LogP contribution in [0.4, 0.5) is 11.8 Å². The van der Waals surface area contributed by atoms with Gasteiger partial charge in [-0.3, -0.25) is 0 Å². The van der Waals surface area contributed by atoms with E-state index >= 15 is 0 Å². The van der Waals surface area contributed by atoms with E-state index in [1.165, 1.54) is 27.8 Å². The number of fused-ring (bicyclic) bond motifs is 1. The number of anilines is 2. The monoisotopic (exact) mass is 394 g/mol. The van der Waals surface area contributed by atoms with Gasteiger partial charge in [-0.1, -0.05) is 42.5 Å². The van der Waals surface area contributed by atoms with Gasteiger partial charge in [-0.15, -0.1) is 12.4 Å². The highest BCUT2D eigenvalue weighted by Crippen LogP contribution is 2.23. The van der Waals surface area contributed by atoms with Crippen molar-refractivity contribution in [1.29, 1.82) is 0 Å². The first-order valence-electron chi connectivity index (χ1n) is 9.64. The van der Waals surface area contributed by atoms with Gasteiger partial charge in [-0.25, -0.2) is 4.98 Å². The molecular weight excluding hydrogens is 368 g/mol. The first-order chi connectivity index (χ1) is 13.2. The lowest BCUT2D eigenvalue weighted by Crippen LogP contribution is -2.31. The molecule has 0 amide bonds. The quantitative estimate of drug-likeness (QED) is 0.679. The maximum Gasteiger partial charge on any atom is 0.224 e. The number of nitrogens with zero attached hydrogens (tertiary/aromatic N) is 3. The summed E-state index contributed by atoms with van der Waals surface area (Å²) in [5, 5.41) is 3.39. The van der Waals surface area contributed by atoms with Crippen molar-refractivity contribution < 1.29 is 0 Å². The number of hydrogen-bond donors (Lipinski definition) is 1. The molecule has 0 unspecified atom stereocenters. The van der Waals surface area contributed by atoms with E-state index in [0.717, 1.165) is 38.3 Å². The molecule has 1 N–H and O–H groups in total. The second-order valence-corrected chi connectivity index (χ2v) is 7.21. The van der Waals surface area contributed by atoms with Crippen molar-refractivity contribution in [1.82, 2.24) is 9.97 Å². The number of nitrogens with one attached hydrogen (secondary N) is 1. The summed E-state index contributed by atoms with van der Waals surface area (Å²) in [7, 11) is 0. The van der Waals surface area contributed by atoms with Crippen LogP contribution in [-0.2, 0) is 19.4 Å². The maximum atomic E-state index is 4.74. The fourth-order valence-electron chi connectivity index (χ4n) is 3.69. The van der Waals surface area contributed by atoms with Crippen LogP contribution >= 0.6 is 12.4 Å². The molecule has 0 atom stereocenters.